The minimum atomic E-state index is 0.907. The van der Waals surface area contributed by atoms with Crippen molar-refractivity contribution in [3.8, 4) is 0 Å². The number of nitrogens with zero attached hydrogens (tertiary/aromatic N) is 2. The number of nitrogens with one attached hydrogen (secondary N) is 1. The van der Waals surface area contributed by atoms with Crippen LogP contribution in [0.3, 0.4) is 0 Å². The van der Waals surface area contributed by atoms with Gasteiger partial charge in [0, 0.05) is 5.69 Å². The Labute approximate surface area is 122 Å². The maximum absolute atomic E-state index is 4.76. The summed E-state index contributed by atoms with van der Waals surface area (Å²) in [6.45, 7) is 4.33. The topological polar surface area (TPSA) is 41.6 Å². The molecule has 0 fully saturated rings. The Balaban J connectivity index is 2.18. The maximum atomic E-state index is 4.76. The van der Waals surface area contributed by atoms with Crippen LogP contribution in [0, 0.1) is 0 Å². The third-order valence-electron chi connectivity index (χ3n) is 3.45. The lowest BCUT2D eigenvalue weighted by molar-refractivity contribution is 0.679. The van der Waals surface area contributed by atoms with E-state index in [1.807, 2.05) is 11.8 Å². The normalized spacial score (nSPS) is 14.8. The summed E-state index contributed by atoms with van der Waals surface area (Å²) in [5, 5.41) is 3.37. The molecule has 0 atom stereocenters. The molecule has 1 aliphatic rings. The second-order valence-electron chi connectivity index (χ2n) is 4.69. The highest BCUT2D eigenvalue weighted by Gasteiger charge is 2.20. The molecular formula is C14H19N3S2. The van der Waals surface area contributed by atoms with E-state index in [0.29, 0.717) is 0 Å². The molecule has 0 unspecified atom stereocenters. The zero-order chi connectivity index (χ0) is 13.2. The van der Waals surface area contributed by atoms with Crippen LogP contribution in [0.25, 0.3) is 11.0 Å². The molecule has 2 aromatic rings. The van der Waals surface area contributed by atoms with Crippen molar-refractivity contribution in [3.05, 3.63) is 11.3 Å². The number of thioether (sulfide) groups is 2. The van der Waals surface area contributed by atoms with E-state index in [-0.39, 0.29) is 0 Å². The van der Waals surface area contributed by atoms with Crippen LogP contribution in [0.15, 0.2) is 10.2 Å². The fourth-order valence-corrected chi connectivity index (χ4v) is 4.10. The van der Waals surface area contributed by atoms with Crippen LogP contribution in [-0.4, -0.2) is 26.5 Å². The second kappa shape index (κ2) is 5.75. The lowest BCUT2D eigenvalue weighted by Crippen LogP contribution is -2.00. The van der Waals surface area contributed by atoms with Crippen LogP contribution < -0.4 is 0 Å². The van der Waals surface area contributed by atoms with Crippen molar-refractivity contribution >= 4 is 34.6 Å². The molecule has 1 N–H and O–H groups in total. The van der Waals surface area contributed by atoms with Crippen molar-refractivity contribution in [2.24, 2.45) is 0 Å². The van der Waals surface area contributed by atoms with Crippen molar-refractivity contribution in [3.63, 3.8) is 0 Å². The highest BCUT2D eigenvalue weighted by molar-refractivity contribution is 7.99. The van der Waals surface area contributed by atoms with Gasteiger partial charge >= 0.3 is 0 Å². The minimum absolute atomic E-state index is 0.907. The molecule has 2 aromatic heterocycles. The van der Waals surface area contributed by atoms with Gasteiger partial charge in [0.25, 0.3) is 0 Å². The minimum Gasteiger partial charge on any atom is -0.343 e. The van der Waals surface area contributed by atoms with Crippen molar-refractivity contribution < 1.29 is 0 Å². The summed E-state index contributed by atoms with van der Waals surface area (Å²) in [6, 6.07) is 0. The number of hydrogen-bond donors (Lipinski definition) is 1. The van der Waals surface area contributed by atoms with Gasteiger partial charge in [0.2, 0.25) is 0 Å². The summed E-state index contributed by atoms with van der Waals surface area (Å²) in [7, 11) is 0. The van der Waals surface area contributed by atoms with E-state index in [1.54, 1.807) is 11.8 Å². The summed E-state index contributed by atoms with van der Waals surface area (Å²) in [4.78, 5) is 13.0. The molecule has 102 valence electrons. The van der Waals surface area contributed by atoms with E-state index in [0.717, 1.165) is 28.7 Å². The van der Waals surface area contributed by atoms with Gasteiger partial charge in [-0.15, -0.1) is 11.8 Å². The molecule has 5 heteroatoms. The van der Waals surface area contributed by atoms with E-state index < -0.39 is 0 Å². The number of aryl methyl sites for hydroxylation is 2. The van der Waals surface area contributed by atoms with E-state index in [4.69, 9.17) is 9.97 Å². The van der Waals surface area contributed by atoms with Crippen LogP contribution in [0.4, 0.5) is 0 Å². The number of aromatic amines is 1. The van der Waals surface area contributed by atoms with Crippen molar-refractivity contribution in [2.75, 3.05) is 11.5 Å². The quantitative estimate of drug-likeness (QED) is 0.524. The Morgan fingerprint density at radius 2 is 1.84 bits per heavy atom. The van der Waals surface area contributed by atoms with Gasteiger partial charge in [-0.1, -0.05) is 25.6 Å². The van der Waals surface area contributed by atoms with Crippen molar-refractivity contribution in [2.45, 2.75) is 49.7 Å². The first-order valence-electron chi connectivity index (χ1n) is 7.00. The number of aromatic nitrogens is 3. The van der Waals surface area contributed by atoms with E-state index in [2.05, 4.69) is 18.8 Å². The number of hydrogen-bond acceptors (Lipinski definition) is 4. The fourth-order valence-electron chi connectivity index (χ4n) is 2.68. The fraction of sp³-hybridized carbons (Fsp3) is 0.571. The average Bonchev–Trinajstić information content (AvgIpc) is 2.77. The lowest BCUT2D eigenvalue weighted by Gasteiger charge is -2.11. The predicted octanol–water partition coefficient (Wildman–Crippen LogP) is 4.06. The molecule has 3 nitrogen and oxygen atoms in total. The third-order valence-corrected chi connectivity index (χ3v) is 5.04. The standard InChI is InChI=1S/C14H19N3S2/c1-3-18-13-11-9-7-5-6-8-10(9)15-12(11)16-14(17-13)19-4-2/h3-8H2,1-2H3,(H,15,16,17). The van der Waals surface area contributed by atoms with Gasteiger partial charge in [-0.25, -0.2) is 9.97 Å². The molecule has 0 radical (unpaired) electrons. The summed E-state index contributed by atoms with van der Waals surface area (Å²) < 4.78 is 0. The zero-order valence-corrected chi connectivity index (χ0v) is 13.1. The summed E-state index contributed by atoms with van der Waals surface area (Å²) >= 11 is 3.56. The highest BCUT2D eigenvalue weighted by Crippen LogP contribution is 2.35. The SMILES string of the molecule is CCSc1nc(SCC)c2c3c([nH]c2n1)CCCC3. The maximum Gasteiger partial charge on any atom is 0.190 e. The molecule has 0 saturated carbocycles. The Bertz CT molecular complexity index is 592. The largest absolute Gasteiger partial charge is 0.343 e. The molecule has 0 aliphatic heterocycles. The second-order valence-corrected chi connectivity index (χ2v) is 7.17. The van der Waals surface area contributed by atoms with Gasteiger partial charge in [0.15, 0.2) is 5.16 Å². The zero-order valence-electron chi connectivity index (χ0n) is 11.5. The first-order valence-corrected chi connectivity index (χ1v) is 8.97. The number of rotatable bonds is 4. The van der Waals surface area contributed by atoms with Gasteiger partial charge in [0.05, 0.1) is 5.39 Å². The Morgan fingerprint density at radius 3 is 2.63 bits per heavy atom. The number of fused-ring (bicyclic) bond motifs is 3. The molecule has 19 heavy (non-hydrogen) atoms. The molecule has 0 bridgehead atoms. The molecular weight excluding hydrogens is 274 g/mol. The van der Waals surface area contributed by atoms with Gasteiger partial charge < -0.3 is 4.98 Å². The highest BCUT2D eigenvalue weighted by atomic mass is 32.2. The average molecular weight is 293 g/mol. The Kier molecular flexibility index (Phi) is 4.03. The summed E-state index contributed by atoms with van der Waals surface area (Å²) in [5.41, 5.74) is 3.92. The van der Waals surface area contributed by atoms with Crippen LogP contribution >= 0.6 is 23.5 Å². The van der Waals surface area contributed by atoms with Crippen LogP contribution in [-0.2, 0) is 12.8 Å². The van der Waals surface area contributed by atoms with E-state index in [1.165, 1.54) is 40.9 Å². The predicted molar refractivity (Wildman–Crippen MR) is 83.3 cm³/mol. The molecule has 0 aromatic carbocycles. The Hall–Kier alpha value is -0.680. The van der Waals surface area contributed by atoms with Crippen molar-refractivity contribution in [1.82, 2.24) is 15.0 Å². The smallest absolute Gasteiger partial charge is 0.190 e. The molecule has 2 heterocycles. The molecule has 0 saturated heterocycles. The monoisotopic (exact) mass is 293 g/mol. The molecule has 0 spiro atoms. The van der Waals surface area contributed by atoms with E-state index in [9.17, 15) is 0 Å². The van der Waals surface area contributed by atoms with Crippen molar-refractivity contribution in [1.29, 1.82) is 0 Å². The first-order chi connectivity index (χ1) is 9.33. The van der Waals surface area contributed by atoms with Gasteiger partial charge in [-0.3, -0.25) is 0 Å². The van der Waals surface area contributed by atoms with Crippen LogP contribution in [0.2, 0.25) is 0 Å². The lowest BCUT2D eigenvalue weighted by atomic mass is 9.96. The number of H-pyrrole nitrogens is 1. The van der Waals surface area contributed by atoms with Crippen LogP contribution in [0.5, 0.6) is 0 Å². The molecule has 0 amide bonds. The molecule has 1 aliphatic carbocycles. The van der Waals surface area contributed by atoms with Gasteiger partial charge in [-0.2, -0.15) is 0 Å². The summed E-state index contributed by atoms with van der Waals surface area (Å²) in [5.74, 6) is 2.07. The Morgan fingerprint density at radius 1 is 1.05 bits per heavy atom. The molecule has 3 rings (SSSR count). The van der Waals surface area contributed by atoms with Crippen LogP contribution in [0.1, 0.15) is 37.9 Å². The first kappa shape index (κ1) is 13.3. The summed E-state index contributed by atoms with van der Waals surface area (Å²) in [6.07, 6.45) is 4.93. The van der Waals surface area contributed by atoms with E-state index >= 15 is 0 Å². The van der Waals surface area contributed by atoms with Gasteiger partial charge in [0.1, 0.15) is 10.7 Å². The van der Waals surface area contributed by atoms with Gasteiger partial charge in [-0.05, 0) is 42.8 Å². The third kappa shape index (κ3) is 2.50.